The van der Waals surface area contributed by atoms with Crippen LogP contribution in [-0.4, -0.2) is 37.1 Å². The molecule has 4 rings (SSSR count). The van der Waals surface area contributed by atoms with Crippen LogP contribution in [0, 0.1) is 0 Å². The fraction of sp³-hybridized carbons (Fsp3) is 0.273. The van der Waals surface area contributed by atoms with Gasteiger partial charge in [0.25, 0.3) is 5.91 Å². The molecule has 0 saturated heterocycles. The van der Waals surface area contributed by atoms with E-state index in [1.165, 1.54) is 0 Å². The number of hydrogen-bond donors (Lipinski definition) is 0. The highest BCUT2D eigenvalue weighted by atomic mass is 16.5. The second-order valence-corrected chi connectivity index (χ2v) is 7.09. The number of carbonyl (C=O) groups excluding carboxylic acids is 1. The number of rotatable bonds is 5. The number of amides is 1. The standard InChI is InChI=1S/C22H21NO4/c1-23(22(10-11-22)14-26-2)20(24)17-8-5-7-15(12-17)18-13-16-6-3-4-9-19(16)27-21(18)25/h3-9,12-13H,10-11,14H2,1-2H3. The van der Waals surface area contributed by atoms with Crippen LogP contribution in [0.1, 0.15) is 23.2 Å². The Morgan fingerprint density at radius 2 is 1.93 bits per heavy atom. The molecule has 1 aromatic heterocycles. The second kappa shape index (κ2) is 6.67. The molecule has 0 spiro atoms. The molecule has 1 heterocycles. The summed E-state index contributed by atoms with van der Waals surface area (Å²) in [6.07, 6.45) is 1.88. The quantitative estimate of drug-likeness (QED) is 0.649. The third kappa shape index (κ3) is 3.15. The van der Waals surface area contributed by atoms with Gasteiger partial charge in [0.2, 0.25) is 0 Å². The van der Waals surface area contributed by atoms with Gasteiger partial charge in [-0.3, -0.25) is 4.79 Å². The fourth-order valence-electron chi connectivity index (χ4n) is 3.48. The monoisotopic (exact) mass is 363 g/mol. The van der Waals surface area contributed by atoms with Crippen LogP contribution in [0.3, 0.4) is 0 Å². The largest absolute Gasteiger partial charge is 0.422 e. The van der Waals surface area contributed by atoms with E-state index in [1.807, 2.05) is 37.4 Å². The number of methoxy groups -OCH3 is 1. The van der Waals surface area contributed by atoms with Crippen LogP contribution in [-0.2, 0) is 4.74 Å². The average Bonchev–Trinajstić information content (AvgIpc) is 3.47. The molecule has 1 aliphatic rings. The molecule has 3 aromatic rings. The number of para-hydroxylation sites is 1. The van der Waals surface area contributed by atoms with E-state index >= 15 is 0 Å². The first-order valence-electron chi connectivity index (χ1n) is 8.94. The minimum Gasteiger partial charge on any atom is -0.422 e. The van der Waals surface area contributed by atoms with Crippen LogP contribution >= 0.6 is 0 Å². The second-order valence-electron chi connectivity index (χ2n) is 7.09. The molecule has 138 valence electrons. The lowest BCUT2D eigenvalue weighted by Gasteiger charge is -2.27. The van der Waals surface area contributed by atoms with E-state index in [9.17, 15) is 9.59 Å². The van der Waals surface area contributed by atoms with Gasteiger partial charge in [0.1, 0.15) is 5.58 Å². The maximum absolute atomic E-state index is 13.0. The average molecular weight is 363 g/mol. The van der Waals surface area contributed by atoms with Crippen molar-refractivity contribution in [3.05, 3.63) is 70.6 Å². The summed E-state index contributed by atoms with van der Waals surface area (Å²) in [5.74, 6) is -0.0726. The normalized spacial score (nSPS) is 14.9. The van der Waals surface area contributed by atoms with E-state index in [0.29, 0.717) is 28.9 Å². The van der Waals surface area contributed by atoms with Crippen molar-refractivity contribution in [2.45, 2.75) is 18.4 Å². The molecule has 5 heteroatoms. The minimum atomic E-state index is -0.412. The predicted octanol–water partition coefficient (Wildman–Crippen LogP) is 3.71. The Morgan fingerprint density at radius 3 is 2.67 bits per heavy atom. The van der Waals surface area contributed by atoms with Crippen molar-refractivity contribution >= 4 is 16.9 Å². The first-order chi connectivity index (χ1) is 13.0. The summed E-state index contributed by atoms with van der Waals surface area (Å²) in [4.78, 5) is 27.1. The third-order valence-electron chi connectivity index (χ3n) is 5.32. The smallest absolute Gasteiger partial charge is 0.344 e. The molecular formula is C22H21NO4. The van der Waals surface area contributed by atoms with Gasteiger partial charge < -0.3 is 14.1 Å². The number of likely N-dealkylation sites (N-methyl/N-ethyl adjacent to an activating group) is 1. The van der Waals surface area contributed by atoms with E-state index in [-0.39, 0.29) is 11.4 Å². The first kappa shape index (κ1) is 17.5. The summed E-state index contributed by atoms with van der Waals surface area (Å²) in [6, 6.07) is 16.3. The first-order valence-corrected chi connectivity index (χ1v) is 8.94. The van der Waals surface area contributed by atoms with Crippen molar-refractivity contribution < 1.29 is 13.9 Å². The topological polar surface area (TPSA) is 59.8 Å². The van der Waals surface area contributed by atoms with Gasteiger partial charge in [0.05, 0.1) is 17.7 Å². The third-order valence-corrected chi connectivity index (χ3v) is 5.32. The van der Waals surface area contributed by atoms with Crippen LogP contribution < -0.4 is 5.63 Å². The van der Waals surface area contributed by atoms with E-state index < -0.39 is 5.63 Å². The van der Waals surface area contributed by atoms with Gasteiger partial charge in [-0.1, -0.05) is 30.3 Å². The SMILES string of the molecule is COCC1(N(C)C(=O)c2cccc(-c3cc4ccccc4oc3=O)c2)CC1. The highest BCUT2D eigenvalue weighted by molar-refractivity contribution is 5.96. The lowest BCUT2D eigenvalue weighted by atomic mass is 10.0. The Morgan fingerprint density at radius 1 is 1.15 bits per heavy atom. The molecule has 0 atom stereocenters. The van der Waals surface area contributed by atoms with Crippen molar-refractivity contribution in [3.63, 3.8) is 0 Å². The molecule has 1 saturated carbocycles. The molecule has 5 nitrogen and oxygen atoms in total. The summed E-state index contributed by atoms with van der Waals surface area (Å²) in [6.45, 7) is 0.531. The van der Waals surface area contributed by atoms with Crippen LogP contribution in [0.4, 0.5) is 0 Å². The Kier molecular flexibility index (Phi) is 4.32. The number of nitrogens with zero attached hydrogens (tertiary/aromatic N) is 1. The van der Waals surface area contributed by atoms with E-state index in [2.05, 4.69) is 0 Å². The zero-order valence-electron chi connectivity index (χ0n) is 15.4. The number of hydrogen-bond acceptors (Lipinski definition) is 4. The molecule has 27 heavy (non-hydrogen) atoms. The summed E-state index contributed by atoms with van der Waals surface area (Å²) >= 11 is 0. The van der Waals surface area contributed by atoms with Crippen LogP contribution in [0.5, 0.6) is 0 Å². The number of benzene rings is 2. The molecule has 0 bridgehead atoms. The van der Waals surface area contributed by atoms with Gasteiger partial charge in [0.15, 0.2) is 0 Å². The Labute approximate surface area is 157 Å². The van der Waals surface area contributed by atoms with Gasteiger partial charge in [-0.05, 0) is 42.7 Å². The lowest BCUT2D eigenvalue weighted by molar-refractivity contribution is 0.0551. The molecule has 0 aliphatic heterocycles. The van der Waals surface area contributed by atoms with Crippen LogP contribution in [0.15, 0.2) is 63.8 Å². The maximum Gasteiger partial charge on any atom is 0.344 e. The maximum atomic E-state index is 13.0. The number of fused-ring (bicyclic) bond motifs is 1. The molecule has 0 N–H and O–H groups in total. The zero-order valence-corrected chi connectivity index (χ0v) is 15.4. The van der Waals surface area contributed by atoms with E-state index in [1.54, 1.807) is 36.3 Å². The van der Waals surface area contributed by atoms with E-state index in [0.717, 1.165) is 18.2 Å². The molecule has 0 unspecified atom stereocenters. The Balaban J connectivity index is 1.70. The molecule has 1 fully saturated rings. The van der Waals surface area contributed by atoms with Crippen molar-refractivity contribution in [1.29, 1.82) is 0 Å². The highest BCUT2D eigenvalue weighted by Gasteiger charge is 2.48. The van der Waals surface area contributed by atoms with Gasteiger partial charge in [-0.25, -0.2) is 4.79 Å². The van der Waals surface area contributed by atoms with Crippen molar-refractivity contribution in [1.82, 2.24) is 4.90 Å². The Hall–Kier alpha value is -2.92. The molecule has 2 aromatic carbocycles. The molecular weight excluding hydrogens is 342 g/mol. The van der Waals surface area contributed by atoms with Crippen LogP contribution in [0.25, 0.3) is 22.1 Å². The number of carbonyl (C=O) groups is 1. The zero-order chi connectivity index (χ0) is 19.0. The van der Waals surface area contributed by atoms with Crippen molar-refractivity contribution in [3.8, 4) is 11.1 Å². The molecule has 0 radical (unpaired) electrons. The lowest BCUT2D eigenvalue weighted by Crippen LogP contribution is -2.42. The fourth-order valence-corrected chi connectivity index (χ4v) is 3.48. The van der Waals surface area contributed by atoms with Gasteiger partial charge in [0, 0.05) is 25.1 Å². The van der Waals surface area contributed by atoms with Crippen LogP contribution in [0.2, 0.25) is 0 Å². The van der Waals surface area contributed by atoms with Gasteiger partial charge in [-0.2, -0.15) is 0 Å². The highest BCUT2D eigenvalue weighted by Crippen LogP contribution is 2.41. The summed E-state index contributed by atoms with van der Waals surface area (Å²) in [7, 11) is 3.46. The Bertz CT molecular complexity index is 1070. The molecule has 1 amide bonds. The minimum absolute atomic E-state index is 0.0726. The van der Waals surface area contributed by atoms with Gasteiger partial charge >= 0.3 is 5.63 Å². The van der Waals surface area contributed by atoms with Crippen molar-refractivity contribution in [2.24, 2.45) is 0 Å². The van der Waals surface area contributed by atoms with Crippen molar-refractivity contribution in [2.75, 3.05) is 20.8 Å². The van der Waals surface area contributed by atoms with E-state index in [4.69, 9.17) is 9.15 Å². The summed E-state index contributed by atoms with van der Waals surface area (Å²) in [5.41, 5.74) is 1.60. The molecule has 1 aliphatic carbocycles. The van der Waals surface area contributed by atoms with Gasteiger partial charge in [-0.15, -0.1) is 0 Å². The summed E-state index contributed by atoms with van der Waals surface area (Å²) in [5, 5.41) is 0.845. The predicted molar refractivity (Wildman–Crippen MR) is 104 cm³/mol. The summed E-state index contributed by atoms with van der Waals surface area (Å²) < 4.78 is 10.7. The number of ether oxygens (including phenoxy) is 1.